The van der Waals surface area contributed by atoms with Crippen LogP contribution in [0.25, 0.3) is 0 Å². The van der Waals surface area contributed by atoms with Crippen molar-refractivity contribution in [2.45, 2.75) is 25.9 Å². The number of ether oxygens (including phenoxy) is 1. The van der Waals surface area contributed by atoms with Crippen molar-refractivity contribution in [1.82, 2.24) is 4.98 Å². The Hall–Kier alpha value is -1.13. The van der Waals surface area contributed by atoms with E-state index in [9.17, 15) is 4.79 Å². The van der Waals surface area contributed by atoms with Gasteiger partial charge < -0.3 is 10.1 Å². The van der Waals surface area contributed by atoms with Crippen molar-refractivity contribution in [1.29, 1.82) is 0 Å². The lowest BCUT2D eigenvalue weighted by Gasteiger charge is -2.21. The van der Waals surface area contributed by atoms with Crippen LogP contribution in [-0.2, 0) is 9.53 Å². The fourth-order valence-corrected chi connectivity index (χ4v) is 1.29. The molecule has 0 saturated heterocycles. The first-order valence-corrected chi connectivity index (χ1v) is 5.28. The number of methoxy groups -OCH3 is 1. The number of anilines is 1. The SMILES string of the molecule is COC(C)(C)CC(=O)Nc1cccc(Cl)n1. The van der Waals surface area contributed by atoms with Gasteiger partial charge in [-0.25, -0.2) is 4.98 Å². The predicted molar refractivity (Wildman–Crippen MR) is 63.6 cm³/mol. The standard InChI is InChI=1S/C11H15ClN2O2/c1-11(2,16-3)7-10(15)14-9-6-4-5-8(12)13-9/h4-6H,7H2,1-3H3,(H,13,14,15). The first kappa shape index (κ1) is 12.9. The molecule has 1 aromatic rings. The summed E-state index contributed by atoms with van der Waals surface area (Å²) in [5.74, 6) is 0.297. The minimum atomic E-state index is -0.483. The van der Waals surface area contributed by atoms with Crippen LogP contribution in [0.2, 0.25) is 5.15 Å². The second-order valence-electron chi connectivity index (χ2n) is 4.03. The third-order valence-electron chi connectivity index (χ3n) is 2.12. The van der Waals surface area contributed by atoms with E-state index >= 15 is 0 Å². The van der Waals surface area contributed by atoms with E-state index in [1.54, 1.807) is 25.3 Å². The molecule has 0 aliphatic carbocycles. The number of halogens is 1. The van der Waals surface area contributed by atoms with Crippen LogP contribution in [0.4, 0.5) is 5.82 Å². The number of amides is 1. The largest absolute Gasteiger partial charge is 0.378 e. The molecule has 1 rings (SSSR count). The molecule has 0 unspecified atom stereocenters. The van der Waals surface area contributed by atoms with Gasteiger partial charge in [0, 0.05) is 7.11 Å². The van der Waals surface area contributed by atoms with Gasteiger partial charge in [-0.15, -0.1) is 0 Å². The van der Waals surface area contributed by atoms with Gasteiger partial charge in [0.2, 0.25) is 5.91 Å². The summed E-state index contributed by atoms with van der Waals surface area (Å²) in [4.78, 5) is 15.6. The van der Waals surface area contributed by atoms with Crippen LogP contribution in [0.5, 0.6) is 0 Å². The monoisotopic (exact) mass is 242 g/mol. The number of aromatic nitrogens is 1. The lowest BCUT2D eigenvalue weighted by Crippen LogP contribution is -2.29. The minimum absolute atomic E-state index is 0.151. The smallest absolute Gasteiger partial charge is 0.228 e. The van der Waals surface area contributed by atoms with Crippen LogP contribution in [0.1, 0.15) is 20.3 Å². The molecule has 0 fully saturated rings. The number of hydrogen-bond donors (Lipinski definition) is 1. The quantitative estimate of drug-likeness (QED) is 0.826. The Morgan fingerprint density at radius 3 is 2.81 bits per heavy atom. The van der Waals surface area contributed by atoms with Gasteiger partial charge in [-0.1, -0.05) is 17.7 Å². The average Bonchev–Trinajstić information content (AvgIpc) is 2.16. The van der Waals surface area contributed by atoms with Crippen LogP contribution in [-0.4, -0.2) is 23.6 Å². The Kier molecular flexibility index (Phi) is 4.26. The van der Waals surface area contributed by atoms with Crippen LogP contribution in [0.3, 0.4) is 0 Å². The van der Waals surface area contributed by atoms with Gasteiger partial charge >= 0.3 is 0 Å². The number of pyridine rings is 1. The van der Waals surface area contributed by atoms with E-state index in [0.717, 1.165) is 0 Å². The van der Waals surface area contributed by atoms with Crippen molar-refractivity contribution in [2.75, 3.05) is 12.4 Å². The zero-order chi connectivity index (χ0) is 12.2. The Morgan fingerprint density at radius 2 is 2.25 bits per heavy atom. The zero-order valence-electron chi connectivity index (χ0n) is 9.58. The van der Waals surface area contributed by atoms with Crippen molar-refractivity contribution < 1.29 is 9.53 Å². The Labute approximate surface area is 100.0 Å². The Morgan fingerprint density at radius 1 is 1.56 bits per heavy atom. The molecular weight excluding hydrogens is 228 g/mol. The van der Waals surface area contributed by atoms with Gasteiger partial charge in [-0.2, -0.15) is 0 Å². The fraction of sp³-hybridized carbons (Fsp3) is 0.455. The van der Waals surface area contributed by atoms with Crippen molar-refractivity contribution in [2.24, 2.45) is 0 Å². The topological polar surface area (TPSA) is 51.2 Å². The fourth-order valence-electron chi connectivity index (χ4n) is 1.12. The van der Waals surface area contributed by atoms with E-state index in [2.05, 4.69) is 10.3 Å². The van der Waals surface area contributed by atoms with E-state index in [1.807, 2.05) is 13.8 Å². The number of carbonyl (C=O) groups excluding carboxylic acids is 1. The maximum absolute atomic E-state index is 11.6. The third kappa shape index (κ3) is 4.16. The summed E-state index contributed by atoms with van der Waals surface area (Å²) in [6, 6.07) is 5.06. The third-order valence-corrected chi connectivity index (χ3v) is 2.33. The highest BCUT2D eigenvalue weighted by molar-refractivity contribution is 6.29. The molecule has 4 nitrogen and oxygen atoms in total. The molecule has 0 spiro atoms. The Balaban J connectivity index is 2.59. The maximum atomic E-state index is 11.6. The summed E-state index contributed by atoms with van der Waals surface area (Å²) in [5, 5.41) is 3.01. The molecule has 1 heterocycles. The van der Waals surface area contributed by atoms with E-state index in [4.69, 9.17) is 16.3 Å². The van der Waals surface area contributed by atoms with Gasteiger partial charge in [0.05, 0.1) is 12.0 Å². The summed E-state index contributed by atoms with van der Waals surface area (Å²) in [7, 11) is 1.57. The number of carbonyl (C=O) groups is 1. The van der Waals surface area contributed by atoms with Crippen molar-refractivity contribution in [3.05, 3.63) is 23.4 Å². The second kappa shape index (κ2) is 5.27. The summed E-state index contributed by atoms with van der Waals surface area (Å²) >= 11 is 5.70. The van der Waals surface area contributed by atoms with Crippen LogP contribution < -0.4 is 5.32 Å². The molecule has 0 bridgehead atoms. The molecule has 0 radical (unpaired) electrons. The van der Waals surface area contributed by atoms with Crippen LogP contribution in [0, 0.1) is 0 Å². The minimum Gasteiger partial charge on any atom is -0.378 e. The van der Waals surface area contributed by atoms with Gasteiger partial charge in [-0.3, -0.25) is 4.79 Å². The molecule has 1 aromatic heterocycles. The van der Waals surface area contributed by atoms with Crippen molar-refractivity contribution >= 4 is 23.3 Å². The molecule has 1 N–H and O–H groups in total. The van der Waals surface area contributed by atoms with Crippen LogP contribution >= 0.6 is 11.6 Å². The predicted octanol–water partition coefficient (Wildman–Crippen LogP) is 2.49. The molecule has 0 aliphatic rings. The summed E-state index contributed by atoms with van der Waals surface area (Å²) < 4.78 is 5.16. The molecule has 0 atom stereocenters. The summed E-state index contributed by atoms with van der Waals surface area (Å²) in [6.07, 6.45) is 0.262. The van der Waals surface area contributed by atoms with Gasteiger partial charge in [-0.05, 0) is 26.0 Å². The molecule has 0 aliphatic heterocycles. The Bertz CT molecular complexity index is 380. The van der Waals surface area contributed by atoms with Gasteiger partial charge in [0.25, 0.3) is 0 Å². The van der Waals surface area contributed by atoms with E-state index in [-0.39, 0.29) is 12.3 Å². The molecule has 0 aromatic carbocycles. The zero-order valence-corrected chi connectivity index (χ0v) is 10.3. The molecule has 0 saturated carbocycles. The summed E-state index contributed by atoms with van der Waals surface area (Å²) in [6.45, 7) is 3.69. The highest BCUT2D eigenvalue weighted by Gasteiger charge is 2.21. The van der Waals surface area contributed by atoms with Gasteiger partial charge in [0.15, 0.2) is 0 Å². The molecule has 1 amide bonds. The molecule has 88 valence electrons. The van der Waals surface area contributed by atoms with Crippen molar-refractivity contribution in [3.63, 3.8) is 0 Å². The molecule has 5 heteroatoms. The lowest BCUT2D eigenvalue weighted by molar-refractivity contribution is -0.121. The first-order chi connectivity index (χ1) is 7.43. The number of rotatable bonds is 4. The highest BCUT2D eigenvalue weighted by atomic mass is 35.5. The second-order valence-corrected chi connectivity index (χ2v) is 4.42. The number of nitrogens with one attached hydrogen (secondary N) is 1. The molecular formula is C11H15ClN2O2. The normalized spacial score (nSPS) is 11.2. The highest BCUT2D eigenvalue weighted by Crippen LogP contribution is 2.15. The van der Waals surface area contributed by atoms with E-state index in [1.165, 1.54) is 0 Å². The molecule has 16 heavy (non-hydrogen) atoms. The maximum Gasteiger partial charge on any atom is 0.228 e. The first-order valence-electron chi connectivity index (χ1n) is 4.90. The van der Waals surface area contributed by atoms with Crippen LogP contribution in [0.15, 0.2) is 18.2 Å². The summed E-state index contributed by atoms with van der Waals surface area (Å²) in [5.41, 5.74) is -0.483. The van der Waals surface area contributed by atoms with Gasteiger partial charge in [0.1, 0.15) is 11.0 Å². The lowest BCUT2D eigenvalue weighted by atomic mass is 10.1. The number of nitrogens with zero attached hydrogens (tertiary/aromatic N) is 1. The van der Waals surface area contributed by atoms with E-state index in [0.29, 0.717) is 11.0 Å². The average molecular weight is 243 g/mol. The van der Waals surface area contributed by atoms with E-state index < -0.39 is 5.60 Å². The van der Waals surface area contributed by atoms with Crippen molar-refractivity contribution in [3.8, 4) is 0 Å². The number of hydrogen-bond acceptors (Lipinski definition) is 3.